The van der Waals surface area contributed by atoms with Crippen LogP contribution in [0.25, 0.3) is 44.2 Å². The Hall–Kier alpha value is -6.71. The number of fused-ring (bicyclic) bond motifs is 7. The van der Waals surface area contributed by atoms with Gasteiger partial charge in [0.2, 0.25) is 0 Å². The van der Waals surface area contributed by atoms with E-state index in [9.17, 15) is 0 Å². The highest BCUT2D eigenvalue weighted by Crippen LogP contribution is 2.61. The molecule has 57 heavy (non-hydrogen) atoms. The molecule has 0 N–H and O–H groups in total. The average Bonchev–Trinajstić information content (AvgIpc) is 3.77. The Kier molecular flexibility index (Phi) is 8.05. The number of pyridine rings is 1. The molecule has 10 rings (SSSR count). The van der Waals surface area contributed by atoms with Gasteiger partial charge in [-0.2, -0.15) is 0 Å². The summed E-state index contributed by atoms with van der Waals surface area (Å²) in [6.45, 7) is 11.1. The summed E-state index contributed by atoms with van der Waals surface area (Å²) in [4.78, 5) is 7.74. The molecule has 0 saturated heterocycles. The van der Waals surface area contributed by atoms with E-state index in [4.69, 9.17) is 9.40 Å². The number of anilines is 3. The molecule has 1 aliphatic rings. The van der Waals surface area contributed by atoms with Crippen LogP contribution in [0.5, 0.6) is 0 Å². The first-order valence-electron chi connectivity index (χ1n) is 19.9. The van der Waals surface area contributed by atoms with Crippen molar-refractivity contribution in [3.05, 3.63) is 215 Å². The van der Waals surface area contributed by atoms with Crippen molar-refractivity contribution < 1.29 is 4.42 Å². The van der Waals surface area contributed by atoms with Crippen LogP contribution in [0.2, 0.25) is 0 Å². The zero-order chi connectivity index (χ0) is 38.9. The zero-order valence-corrected chi connectivity index (χ0v) is 33.0. The van der Waals surface area contributed by atoms with Gasteiger partial charge in [-0.25, -0.2) is 4.98 Å². The van der Waals surface area contributed by atoms with E-state index in [2.05, 4.69) is 209 Å². The van der Waals surface area contributed by atoms with E-state index in [0.29, 0.717) is 0 Å². The van der Waals surface area contributed by atoms with Gasteiger partial charge in [0.25, 0.3) is 0 Å². The molecule has 0 atom stereocenters. The van der Waals surface area contributed by atoms with E-state index in [-0.39, 0.29) is 5.41 Å². The van der Waals surface area contributed by atoms with Crippen molar-refractivity contribution in [1.29, 1.82) is 0 Å². The van der Waals surface area contributed by atoms with Gasteiger partial charge in [-0.05, 0) is 94.1 Å². The number of aryl methyl sites for hydroxylation is 2. The van der Waals surface area contributed by atoms with Gasteiger partial charge in [-0.15, -0.1) is 0 Å². The fraction of sp³-hybridized carbons (Fsp3) is 0.130. The molecule has 7 aromatic carbocycles. The summed E-state index contributed by atoms with van der Waals surface area (Å²) in [5.41, 5.74) is 16.1. The molecule has 0 amide bonds. The second kappa shape index (κ2) is 13.2. The van der Waals surface area contributed by atoms with Crippen molar-refractivity contribution in [3.63, 3.8) is 0 Å². The smallest absolute Gasteiger partial charge is 0.145 e. The van der Waals surface area contributed by atoms with E-state index in [0.717, 1.165) is 61.4 Å². The topological polar surface area (TPSA) is 29.3 Å². The molecule has 3 heteroatoms. The van der Waals surface area contributed by atoms with Crippen LogP contribution < -0.4 is 4.90 Å². The summed E-state index contributed by atoms with van der Waals surface area (Å²) >= 11 is 0. The minimum absolute atomic E-state index is 0.00310. The molecule has 1 aliphatic carbocycles. The van der Waals surface area contributed by atoms with Crippen LogP contribution in [0, 0.1) is 13.8 Å². The molecule has 0 radical (unpaired) electrons. The lowest BCUT2D eigenvalue weighted by molar-refractivity contribution is 0.590. The Balaban J connectivity index is 1.39. The van der Waals surface area contributed by atoms with Crippen LogP contribution in [-0.2, 0) is 10.8 Å². The largest absolute Gasteiger partial charge is 0.455 e. The first-order valence-corrected chi connectivity index (χ1v) is 19.9. The summed E-state index contributed by atoms with van der Waals surface area (Å²) in [5.74, 6) is 0.861. The molecule has 0 fully saturated rings. The van der Waals surface area contributed by atoms with Crippen molar-refractivity contribution >= 4 is 39.1 Å². The molecule has 9 aromatic rings. The lowest BCUT2D eigenvalue weighted by Gasteiger charge is -2.35. The van der Waals surface area contributed by atoms with Crippen LogP contribution in [0.1, 0.15) is 59.7 Å². The van der Waals surface area contributed by atoms with Crippen molar-refractivity contribution in [3.8, 4) is 22.3 Å². The van der Waals surface area contributed by atoms with Crippen molar-refractivity contribution in [2.75, 3.05) is 4.90 Å². The molecule has 3 nitrogen and oxygen atoms in total. The number of hydrogen-bond acceptors (Lipinski definition) is 3. The van der Waals surface area contributed by atoms with Gasteiger partial charge in [0.05, 0.1) is 16.5 Å². The molecule has 0 bridgehead atoms. The van der Waals surface area contributed by atoms with Gasteiger partial charge < -0.3 is 4.42 Å². The van der Waals surface area contributed by atoms with Gasteiger partial charge in [-0.1, -0.05) is 166 Å². The fourth-order valence-corrected chi connectivity index (χ4v) is 9.13. The maximum atomic E-state index is 7.14. The Morgan fingerprint density at radius 2 is 1.21 bits per heavy atom. The normalized spacial score (nSPS) is 13.1. The number of rotatable bonds is 6. The lowest BCUT2D eigenvalue weighted by atomic mass is 9.67. The molecular weight excluding hydrogens is 693 g/mol. The summed E-state index contributed by atoms with van der Waals surface area (Å²) in [6, 6.07) is 62.0. The number of para-hydroxylation sites is 1. The van der Waals surface area contributed by atoms with E-state index in [1.165, 1.54) is 38.9 Å². The summed E-state index contributed by atoms with van der Waals surface area (Å²) < 4.78 is 7.14. The number of furan rings is 1. The predicted molar refractivity (Wildman–Crippen MR) is 237 cm³/mol. The van der Waals surface area contributed by atoms with E-state index in [1.54, 1.807) is 0 Å². The quantitative estimate of drug-likeness (QED) is 0.170. The third-order valence-electron chi connectivity index (χ3n) is 11.9. The summed E-state index contributed by atoms with van der Waals surface area (Å²) in [5, 5.41) is 2.13. The second-order valence-corrected chi connectivity index (χ2v) is 16.5. The molecule has 0 spiro atoms. The predicted octanol–water partition coefficient (Wildman–Crippen LogP) is 14.4. The highest BCUT2D eigenvalue weighted by atomic mass is 16.3. The van der Waals surface area contributed by atoms with E-state index < -0.39 is 5.41 Å². The van der Waals surface area contributed by atoms with Gasteiger partial charge in [-0.3, -0.25) is 4.90 Å². The molecular formula is C54H44N2O. The highest BCUT2D eigenvalue weighted by molar-refractivity contribution is 6.19. The second-order valence-electron chi connectivity index (χ2n) is 16.5. The third-order valence-corrected chi connectivity index (χ3v) is 11.9. The first-order chi connectivity index (χ1) is 27.7. The van der Waals surface area contributed by atoms with Gasteiger partial charge in [0, 0.05) is 28.4 Å². The summed E-state index contributed by atoms with van der Waals surface area (Å²) in [7, 11) is 0. The number of hydrogen-bond donors (Lipinski definition) is 0. The van der Waals surface area contributed by atoms with Gasteiger partial charge in [0.15, 0.2) is 0 Å². The van der Waals surface area contributed by atoms with Gasteiger partial charge in [0.1, 0.15) is 17.0 Å². The highest BCUT2D eigenvalue weighted by Gasteiger charge is 2.48. The average molecular weight is 737 g/mol. The standard InChI is InChI=1S/C54H44N2O/c1-35-24-26-37(27-25-35)44-32-36(2)34-55-52(44)56(41-30-28-38(29-31-41)53(3,4)5)47-33-46-49(51-50(47)43-21-13-15-23-48(43)57-51)42-20-12-14-22-45(42)54(46,39-16-8-6-9-17-39)40-18-10-7-11-19-40/h6-34H,1-5H3. The maximum absolute atomic E-state index is 7.14. The van der Waals surface area contributed by atoms with Gasteiger partial charge >= 0.3 is 0 Å². The number of nitrogens with zero attached hydrogens (tertiary/aromatic N) is 2. The number of benzene rings is 7. The molecule has 0 saturated carbocycles. The lowest BCUT2D eigenvalue weighted by Crippen LogP contribution is -2.28. The summed E-state index contributed by atoms with van der Waals surface area (Å²) in [6.07, 6.45) is 2.00. The maximum Gasteiger partial charge on any atom is 0.145 e. The molecule has 2 heterocycles. The molecule has 0 aliphatic heterocycles. The first kappa shape index (κ1) is 34.8. The van der Waals surface area contributed by atoms with Crippen molar-refractivity contribution in [2.24, 2.45) is 0 Å². The third kappa shape index (κ3) is 5.44. The Morgan fingerprint density at radius 3 is 1.89 bits per heavy atom. The molecule has 2 aromatic heterocycles. The zero-order valence-electron chi connectivity index (χ0n) is 33.0. The van der Waals surface area contributed by atoms with Crippen LogP contribution in [0.15, 0.2) is 180 Å². The molecule has 276 valence electrons. The van der Waals surface area contributed by atoms with Crippen LogP contribution in [0.3, 0.4) is 0 Å². The SMILES string of the molecule is Cc1ccc(-c2cc(C)cnc2N(c2ccc(C(C)(C)C)cc2)c2cc3c(c4oc5ccccc5c24)-c2ccccc2C3(c2ccccc2)c2ccccc2)cc1. The van der Waals surface area contributed by atoms with Crippen LogP contribution in [0.4, 0.5) is 17.2 Å². The van der Waals surface area contributed by atoms with E-state index >= 15 is 0 Å². The molecule has 0 unspecified atom stereocenters. The van der Waals surface area contributed by atoms with Crippen LogP contribution in [-0.4, -0.2) is 4.98 Å². The monoisotopic (exact) mass is 736 g/mol. The van der Waals surface area contributed by atoms with Crippen molar-refractivity contribution in [1.82, 2.24) is 4.98 Å². The van der Waals surface area contributed by atoms with E-state index in [1.807, 2.05) is 6.20 Å². The Labute approximate surface area is 334 Å². The Morgan fingerprint density at radius 1 is 0.579 bits per heavy atom. The Bertz CT molecular complexity index is 2900. The minimum atomic E-state index is -0.626. The van der Waals surface area contributed by atoms with Crippen molar-refractivity contribution in [2.45, 2.75) is 45.4 Å². The minimum Gasteiger partial charge on any atom is -0.455 e. The number of aromatic nitrogens is 1. The van der Waals surface area contributed by atoms with Crippen LogP contribution >= 0.6 is 0 Å². The fourth-order valence-electron chi connectivity index (χ4n) is 9.13.